The highest BCUT2D eigenvalue weighted by molar-refractivity contribution is 4.87. The van der Waals surface area contributed by atoms with Gasteiger partial charge in [0.05, 0.1) is 0 Å². The van der Waals surface area contributed by atoms with Crippen molar-refractivity contribution in [3.8, 4) is 0 Å². The van der Waals surface area contributed by atoms with Gasteiger partial charge in [-0.05, 0) is 46.3 Å². The summed E-state index contributed by atoms with van der Waals surface area (Å²) in [6.07, 6.45) is 2.76. The molecule has 3 nitrogen and oxygen atoms in total. The van der Waals surface area contributed by atoms with E-state index in [2.05, 4.69) is 56.9 Å². The van der Waals surface area contributed by atoms with Crippen LogP contribution >= 0.6 is 0 Å². The van der Waals surface area contributed by atoms with Crippen LogP contribution in [0.1, 0.15) is 40.5 Å². The van der Waals surface area contributed by atoms with Gasteiger partial charge in [-0.15, -0.1) is 0 Å². The first-order valence-electron chi connectivity index (χ1n) is 7.59. The lowest BCUT2D eigenvalue weighted by Gasteiger charge is -2.39. The maximum atomic E-state index is 3.71. The molecule has 1 N–H and O–H groups in total. The van der Waals surface area contributed by atoms with Crippen LogP contribution in [0.15, 0.2) is 0 Å². The van der Waals surface area contributed by atoms with Crippen molar-refractivity contribution in [3.05, 3.63) is 0 Å². The van der Waals surface area contributed by atoms with Crippen LogP contribution in [0.4, 0.5) is 0 Å². The molecular weight excluding hydrogens is 222 g/mol. The van der Waals surface area contributed by atoms with Crippen molar-refractivity contribution in [1.82, 2.24) is 15.1 Å². The zero-order valence-corrected chi connectivity index (χ0v) is 13.2. The Labute approximate surface area is 114 Å². The SMILES string of the molecule is CCN(C(C)CN(C)C)C(CNC1CC1)C(C)C. The minimum absolute atomic E-state index is 0.624. The van der Waals surface area contributed by atoms with Crippen molar-refractivity contribution in [2.75, 3.05) is 33.7 Å². The third-order valence-corrected chi connectivity index (χ3v) is 3.95. The molecule has 0 heterocycles. The number of likely N-dealkylation sites (N-methyl/N-ethyl adjacent to an activating group) is 2. The zero-order chi connectivity index (χ0) is 13.7. The summed E-state index contributed by atoms with van der Waals surface area (Å²) in [5, 5.41) is 3.71. The van der Waals surface area contributed by atoms with E-state index in [0.29, 0.717) is 18.0 Å². The Kier molecular flexibility index (Phi) is 6.61. The van der Waals surface area contributed by atoms with Gasteiger partial charge in [-0.1, -0.05) is 20.8 Å². The van der Waals surface area contributed by atoms with E-state index in [0.717, 1.165) is 25.7 Å². The van der Waals surface area contributed by atoms with Crippen molar-refractivity contribution in [2.24, 2.45) is 5.92 Å². The van der Waals surface area contributed by atoms with E-state index in [-0.39, 0.29) is 0 Å². The largest absolute Gasteiger partial charge is 0.312 e. The maximum Gasteiger partial charge on any atom is 0.0246 e. The Balaban J connectivity index is 2.53. The molecule has 0 amide bonds. The van der Waals surface area contributed by atoms with Crippen LogP contribution in [-0.4, -0.2) is 61.7 Å². The second-order valence-corrected chi connectivity index (χ2v) is 6.44. The summed E-state index contributed by atoms with van der Waals surface area (Å²) < 4.78 is 0. The van der Waals surface area contributed by atoms with Gasteiger partial charge in [0.1, 0.15) is 0 Å². The lowest BCUT2D eigenvalue weighted by molar-refractivity contribution is 0.0973. The van der Waals surface area contributed by atoms with Gasteiger partial charge in [-0.2, -0.15) is 0 Å². The molecule has 0 aromatic rings. The lowest BCUT2D eigenvalue weighted by atomic mass is 10.0. The Hall–Kier alpha value is -0.120. The Morgan fingerprint density at radius 3 is 2.17 bits per heavy atom. The zero-order valence-electron chi connectivity index (χ0n) is 13.2. The number of nitrogens with zero attached hydrogens (tertiary/aromatic N) is 2. The van der Waals surface area contributed by atoms with Crippen LogP contribution in [0.2, 0.25) is 0 Å². The molecule has 2 atom stereocenters. The first-order valence-corrected chi connectivity index (χ1v) is 7.59. The van der Waals surface area contributed by atoms with Crippen molar-refractivity contribution in [3.63, 3.8) is 0 Å². The van der Waals surface area contributed by atoms with E-state index in [1.165, 1.54) is 12.8 Å². The Morgan fingerprint density at radius 2 is 1.78 bits per heavy atom. The fourth-order valence-corrected chi connectivity index (χ4v) is 2.82. The van der Waals surface area contributed by atoms with Crippen molar-refractivity contribution >= 4 is 0 Å². The molecule has 1 aliphatic rings. The van der Waals surface area contributed by atoms with E-state index >= 15 is 0 Å². The molecule has 1 saturated carbocycles. The molecule has 1 fully saturated rings. The number of hydrogen-bond donors (Lipinski definition) is 1. The van der Waals surface area contributed by atoms with E-state index in [1.54, 1.807) is 0 Å². The molecule has 0 saturated heterocycles. The van der Waals surface area contributed by atoms with E-state index in [4.69, 9.17) is 0 Å². The molecule has 1 rings (SSSR count). The molecule has 0 aromatic heterocycles. The molecule has 0 radical (unpaired) electrons. The van der Waals surface area contributed by atoms with Crippen molar-refractivity contribution < 1.29 is 0 Å². The fourth-order valence-electron chi connectivity index (χ4n) is 2.82. The van der Waals surface area contributed by atoms with E-state index in [1.807, 2.05) is 0 Å². The minimum Gasteiger partial charge on any atom is -0.312 e. The standard InChI is InChI=1S/C15H33N3/c1-7-18(13(4)11-17(5)6)15(12(2)3)10-16-14-8-9-14/h12-16H,7-11H2,1-6H3. The van der Waals surface area contributed by atoms with Gasteiger partial charge in [0.2, 0.25) is 0 Å². The highest BCUT2D eigenvalue weighted by Gasteiger charge is 2.28. The summed E-state index contributed by atoms with van der Waals surface area (Å²) in [7, 11) is 4.33. The van der Waals surface area contributed by atoms with Crippen molar-refractivity contribution in [1.29, 1.82) is 0 Å². The molecule has 108 valence electrons. The normalized spacial score (nSPS) is 19.8. The topological polar surface area (TPSA) is 18.5 Å². The second-order valence-electron chi connectivity index (χ2n) is 6.44. The van der Waals surface area contributed by atoms with Crippen LogP contribution in [0, 0.1) is 5.92 Å². The van der Waals surface area contributed by atoms with Gasteiger partial charge in [0.15, 0.2) is 0 Å². The number of hydrogen-bond acceptors (Lipinski definition) is 3. The quantitative estimate of drug-likeness (QED) is 0.680. The smallest absolute Gasteiger partial charge is 0.0246 e. The number of nitrogens with one attached hydrogen (secondary N) is 1. The molecule has 1 aliphatic carbocycles. The van der Waals surface area contributed by atoms with Crippen molar-refractivity contribution in [2.45, 2.75) is 58.7 Å². The monoisotopic (exact) mass is 255 g/mol. The number of rotatable bonds is 9. The average Bonchev–Trinajstić information content (AvgIpc) is 3.06. The summed E-state index contributed by atoms with van der Waals surface area (Å²) in [6, 6.07) is 2.10. The van der Waals surface area contributed by atoms with Gasteiger partial charge in [-0.25, -0.2) is 0 Å². The van der Waals surface area contributed by atoms with Gasteiger partial charge in [0.25, 0.3) is 0 Å². The third-order valence-electron chi connectivity index (χ3n) is 3.95. The molecule has 3 heteroatoms. The molecule has 2 unspecified atom stereocenters. The van der Waals surface area contributed by atoms with Gasteiger partial charge < -0.3 is 10.2 Å². The highest BCUT2D eigenvalue weighted by atomic mass is 15.2. The summed E-state index contributed by atoms with van der Waals surface area (Å²) in [5.74, 6) is 0.709. The van der Waals surface area contributed by atoms with Gasteiger partial charge in [-0.3, -0.25) is 4.90 Å². The third kappa shape index (κ3) is 5.25. The predicted molar refractivity (Wildman–Crippen MR) is 80.0 cm³/mol. The fraction of sp³-hybridized carbons (Fsp3) is 1.00. The van der Waals surface area contributed by atoms with E-state index in [9.17, 15) is 0 Å². The first kappa shape index (κ1) is 15.9. The summed E-state index contributed by atoms with van der Waals surface area (Å²) in [6.45, 7) is 12.8. The van der Waals surface area contributed by atoms with Crippen LogP contribution in [-0.2, 0) is 0 Å². The molecule has 18 heavy (non-hydrogen) atoms. The van der Waals surface area contributed by atoms with Crippen LogP contribution < -0.4 is 5.32 Å². The van der Waals surface area contributed by atoms with Crippen LogP contribution in [0.25, 0.3) is 0 Å². The van der Waals surface area contributed by atoms with Crippen LogP contribution in [0.3, 0.4) is 0 Å². The summed E-state index contributed by atoms with van der Waals surface area (Å²) >= 11 is 0. The van der Waals surface area contributed by atoms with Gasteiger partial charge >= 0.3 is 0 Å². The Morgan fingerprint density at radius 1 is 1.17 bits per heavy atom. The molecule has 0 aliphatic heterocycles. The Bertz CT molecular complexity index is 224. The van der Waals surface area contributed by atoms with Gasteiger partial charge in [0, 0.05) is 31.2 Å². The molecule has 0 bridgehead atoms. The molecule has 0 aromatic carbocycles. The predicted octanol–water partition coefficient (Wildman–Crippen LogP) is 2.03. The first-order chi connectivity index (χ1) is 8.45. The minimum atomic E-state index is 0.624. The highest BCUT2D eigenvalue weighted by Crippen LogP contribution is 2.20. The maximum absolute atomic E-state index is 3.71. The average molecular weight is 255 g/mol. The molecular formula is C15H33N3. The molecule has 0 spiro atoms. The second kappa shape index (κ2) is 7.46. The summed E-state index contributed by atoms with van der Waals surface area (Å²) in [4.78, 5) is 4.96. The van der Waals surface area contributed by atoms with E-state index < -0.39 is 0 Å². The van der Waals surface area contributed by atoms with Crippen LogP contribution in [0.5, 0.6) is 0 Å². The lowest BCUT2D eigenvalue weighted by Crippen LogP contribution is -2.52. The summed E-state index contributed by atoms with van der Waals surface area (Å²) in [5.41, 5.74) is 0.